The van der Waals surface area contributed by atoms with E-state index in [4.69, 9.17) is 10.5 Å². The van der Waals surface area contributed by atoms with Gasteiger partial charge in [0, 0.05) is 0 Å². The van der Waals surface area contributed by atoms with Crippen molar-refractivity contribution in [2.45, 2.75) is 49.1 Å². The van der Waals surface area contributed by atoms with Crippen molar-refractivity contribution in [2.24, 2.45) is 0 Å². The molecular formula is C15H21N5O14P2-2. The van der Waals surface area contributed by atoms with Gasteiger partial charge in [-0.05, 0) is 0 Å². The second-order valence-corrected chi connectivity index (χ2v) is 10.7. The van der Waals surface area contributed by atoms with Crippen LogP contribution >= 0.6 is 15.6 Å². The highest BCUT2D eigenvalue weighted by Gasteiger charge is 2.45. The summed E-state index contributed by atoms with van der Waals surface area (Å²) in [7, 11) is -11.2. The summed E-state index contributed by atoms with van der Waals surface area (Å²) in [6, 6.07) is 0. The van der Waals surface area contributed by atoms with E-state index in [0.717, 1.165) is 6.33 Å². The largest absolute Gasteiger partial charge is 0.756 e. The summed E-state index contributed by atoms with van der Waals surface area (Å²) >= 11 is 0. The Morgan fingerprint density at radius 1 is 0.917 bits per heavy atom. The Labute approximate surface area is 200 Å². The summed E-state index contributed by atoms with van der Waals surface area (Å²) in [6.45, 7) is -1.97. The van der Waals surface area contributed by atoms with E-state index in [9.17, 15) is 44.4 Å². The topological polar surface area (TPSA) is 297 Å². The summed E-state index contributed by atoms with van der Waals surface area (Å²) in [5.74, 6) is 0.0433. The molecule has 0 bridgehead atoms. The van der Waals surface area contributed by atoms with Crippen molar-refractivity contribution in [3.63, 3.8) is 0 Å². The molecule has 202 valence electrons. The van der Waals surface area contributed by atoms with E-state index in [0.29, 0.717) is 0 Å². The summed E-state index contributed by atoms with van der Waals surface area (Å²) < 4.78 is 47.9. The normalized spacial score (nSPS) is 36.2. The lowest BCUT2D eigenvalue weighted by Crippen LogP contribution is -2.34. The molecule has 2 fully saturated rings. The fourth-order valence-electron chi connectivity index (χ4n) is 3.52. The molecule has 0 aliphatic carbocycles. The first-order valence-electron chi connectivity index (χ1n) is 10.1. The van der Waals surface area contributed by atoms with Crippen LogP contribution in [0.2, 0.25) is 0 Å². The molecule has 19 nitrogen and oxygen atoms in total. The number of fused-ring (bicyclic) bond motifs is 1. The van der Waals surface area contributed by atoms with Crippen molar-refractivity contribution in [3.8, 4) is 0 Å². The predicted octanol–water partition coefficient (Wildman–Crippen LogP) is -4.55. The monoisotopic (exact) mass is 557 g/mol. The number of anilines is 1. The number of nitrogens with zero attached hydrogens (tertiary/aromatic N) is 4. The molecule has 2 aromatic heterocycles. The molecule has 0 radical (unpaired) electrons. The van der Waals surface area contributed by atoms with Crippen LogP contribution in [0.15, 0.2) is 12.7 Å². The van der Waals surface area contributed by atoms with Gasteiger partial charge in [0.15, 0.2) is 24.0 Å². The van der Waals surface area contributed by atoms with Gasteiger partial charge in [0.25, 0.3) is 15.6 Å². The van der Waals surface area contributed by atoms with Crippen molar-refractivity contribution in [1.29, 1.82) is 0 Å². The Morgan fingerprint density at radius 3 is 2.08 bits per heavy atom. The van der Waals surface area contributed by atoms with E-state index in [1.165, 1.54) is 10.9 Å². The average molecular weight is 557 g/mol. The van der Waals surface area contributed by atoms with Crippen molar-refractivity contribution in [2.75, 3.05) is 18.9 Å². The van der Waals surface area contributed by atoms with Crippen LogP contribution in [0.3, 0.4) is 0 Å². The Balaban J connectivity index is 1.34. The minimum Gasteiger partial charge on any atom is -0.756 e. The van der Waals surface area contributed by atoms with Crippen molar-refractivity contribution in [3.05, 3.63) is 12.7 Å². The number of aliphatic hydroxyl groups excluding tert-OH is 5. The van der Waals surface area contributed by atoms with Crippen molar-refractivity contribution in [1.82, 2.24) is 19.5 Å². The zero-order chi connectivity index (χ0) is 26.4. The maximum atomic E-state index is 12.0. The zero-order valence-electron chi connectivity index (χ0n) is 17.9. The van der Waals surface area contributed by atoms with Gasteiger partial charge < -0.3 is 59.6 Å². The lowest BCUT2D eigenvalue weighted by molar-refractivity contribution is -0.247. The Bertz CT molecular complexity index is 1180. The maximum absolute atomic E-state index is 12.0. The molecule has 2 aliphatic heterocycles. The number of phosphoric ester groups is 2. The van der Waals surface area contributed by atoms with E-state index in [-0.39, 0.29) is 17.0 Å². The summed E-state index contributed by atoms with van der Waals surface area (Å²) in [5.41, 5.74) is 6.04. The second kappa shape index (κ2) is 10.2. The molecule has 0 saturated carbocycles. The molecule has 2 aromatic rings. The minimum absolute atomic E-state index is 0.0433. The van der Waals surface area contributed by atoms with Crippen LogP contribution in [-0.2, 0) is 32.0 Å². The first-order chi connectivity index (χ1) is 16.8. The maximum Gasteiger partial charge on any atom is 0.274 e. The van der Waals surface area contributed by atoms with Gasteiger partial charge in [-0.3, -0.25) is 13.7 Å². The highest BCUT2D eigenvalue weighted by molar-refractivity contribution is 7.59. The molecule has 2 saturated heterocycles. The van der Waals surface area contributed by atoms with Gasteiger partial charge in [-0.2, -0.15) is 0 Å². The number of imidazole rings is 1. The first kappa shape index (κ1) is 27.4. The zero-order valence-corrected chi connectivity index (χ0v) is 19.6. The molecule has 4 heterocycles. The number of ether oxygens (including phenoxy) is 2. The fraction of sp³-hybridized carbons (Fsp3) is 0.667. The molecule has 0 amide bonds. The van der Waals surface area contributed by atoms with Gasteiger partial charge in [-0.1, -0.05) is 0 Å². The van der Waals surface area contributed by atoms with Crippen molar-refractivity contribution < 1.29 is 67.3 Å². The molecule has 36 heavy (non-hydrogen) atoms. The van der Waals surface area contributed by atoms with Crippen molar-refractivity contribution >= 4 is 32.6 Å². The summed E-state index contributed by atoms with van der Waals surface area (Å²) in [6.07, 6.45) is -10.5. The van der Waals surface area contributed by atoms with Crippen LogP contribution in [0.4, 0.5) is 5.82 Å². The Kier molecular flexibility index (Phi) is 7.78. The molecule has 10 atom stereocenters. The van der Waals surface area contributed by atoms with Crippen LogP contribution in [0.5, 0.6) is 0 Å². The van der Waals surface area contributed by atoms with Gasteiger partial charge >= 0.3 is 0 Å². The number of hydrogen-bond acceptors (Lipinski definition) is 18. The van der Waals surface area contributed by atoms with Crippen LogP contribution < -0.4 is 15.5 Å². The second-order valence-electron chi connectivity index (χ2n) is 7.74. The predicted molar refractivity (Wildman–Crippen MR) is 107 cm³/mol. The van der Waals surface area contributed by atoms with Gasteiger partial charge in [0.2, 0.25) is 0 Å². The molecule has 21 heteroatoms. The summed E-state index contributed by atoms with van der Waals surface area (Å²) in [5, 5.41) is 48.9. The van der Waals surface area contributed by atoms with Crippen LogP contribution in [0.1, 0.15) is 6.23 Å². The highest BCUT2D eigenvalue weighted by atomic mass is 31.3. The third-order valence-electron chi connectivity index (χ3n) is 5.33. The standard InChI is InChI=1S/C15H23N5O14P2/c16-12-7-13(18-3-17-12)20(4-19-7)14-10(23)8(21)5(32-14)1-30-35(26,27)34-36(28,29)31-2-6-9(22)11(24)15(25)33-6/h3-6,8-11,14-15,21-25H,1-2H2,(H,26,27)(H,28,29)(H2,16,17,18)/p-2/t5-,6-,8-,9-,10-,11-,14-,15+/m1/s1. The number of hydrogen-bond donors (Lipinski definition) is 6. The highest BCUT2D eigenvalue weighted by Crippen LogP contribution is 2.56. The molecular weight excluding hydrogens is 536 g/mol. The van der Waals surface area contributed by atoms with E-state index in [1.54, 1.807) is 0 Å². The Morgan fingerprint density at radius 2 is 1.50 bits per heavy atom. The number of aromatic nitrogens is 4. The van der Waals surface area contributed by atoms with E-state index < -0.39 is 78.0 Å². The molecule has 7 N–H and O–H groups in total. The minimum atomic E-state index is -5.62. The molecule has 0 aromatic carbocycles. The molecule has 2 unspecified atom stereocenters. The smallest absolute Gasteiger partial charge is 0.274 e. The quantitative estimate of drug-likeness (QED) is 0.158. The van der Waals surface area contributed by atoms with E-state index in [2.05, 4.69) is 33.0 Å². The number of aliphatic hydroxyl groups is 5. The number of nitrogens with two attached hydrogens (primary N) is 1. The molecule has 0 spiro atoms. The van der Waals surface area contributed by atoms with Gasteiger partial charge in [-0.25, -0.2) is 19.3 Å². The number of rotatable bonds is 9. The SMILES string of the molecule is Nc1ncnc2c1ncn2[C@@H]1O[C@H](COP(=O)([O-])OP(=O)([O-])OC[C@H]2O[C@H](O)[C@H](O)[C@@H]2O)[C@@H](O)[C@H]1O. The number of nitrogen functional groups attached to an aromatic ring is 1. The molecule has 4 rings (SSSR count). The molecule has 2 aliphatic rings. The van der Waals surface area contributed by atoms with Crippen LogP contribution in [0, 0.1) is 0 Å². The first-order valence-corrected chi connectivity index (χ1v) is 13.0. The third-order valence-corrected chi connectivity index (χ3v) is 7.86. The van der Waals surface area contributed by atoms with Crippen LogP contribution in [0.25, 0.3) is 11.2 Å². The van der Waals surface area contributed by atoms with E-state index >= 15 is 0 Å². The summed E-state index contributed by atoms with van der Waals surface area (Å²) in [4.78, 5) is 35.6. The van der Waals surface area contributed by atoms with Gasteiger partial charge in [-0.15, -0.1) is 0 Å². The lowest BCUT2D eigenvalue weighted by Gasteiger charge is -2.31. The number of phosphoric acid groups is 2. The van der Waals surface area contributed by atoms with Crippen LogP contribution in [-0.4, -0.2) is 101 Å². The Hall–Kier alpha value is -1.67. The third kappa shape index (κ3) is 5.59. The fourth-order valence-corrected chi connectivity index (χ4v) is 5.53. The van der Waals surface area contributed by atoms with E-state index in [1.807, 2.05) is 0 Å². The van der Waals surface area contributed by atoms with Gasteiger partial charge in [0.05, 0.1) is 19.5 Å². The average Bonchev–Trinajstić information content (AvgIpc) is 3.42. The lowest BCUT2D eigenvalue weighted by atomic mass is 10.1. The van der Waals surface area contributed by atoms with Gasteiger partial charge in [0.1, 0.15) is 48.5 Å².